The lowest BCUT2D eigenvalue weighted by Crippen LogP contribution is -2.32. The standard InChI is InChI=1S/C17H27N/c1-13-4-7-15(8-5-13)11-17-10-14(2)6-9-16(17)12-18-3/h4-5,7-8,14,16-18H,6,9-12H2,1-3H3. The fourth-order valence-corrected chi connectivity index (χ4v) is 3.37. The van der Waals surface area contributed by atoms with Crippen LogP contribution < -0.4 is 5.32 Å². The molecule has 1 aromatic carbocycles. The Balaban J connectivity index is 2.01. The van der Waals surface area contributed by atoms with Gasteiger partial charge in [0.1, 0.15) is 0 Å². The average molecular weight is 245 g/mol. The molecule has 0 amide bonds. The summed E-state index contributed by atoms with van der Waals surface area (Å²) in [6.45, 7) is 5.76. The first-order valence-electron chi connectivity index (χ1n) is 7.39. The first-order valence-corrected chi connectivity index (χ1v) is 7.39. The Morgan fingerprint density at radius 1 is 1.11 bits per heavy atom. The Kier molecular flexibility index (Phi) is 4.82. The van der Waals surface area contributed by atoms with Crippen LogP contribution in [0.5, 0.6) is 0 Å². The molecule has 1 fully saturated rings. The number of nitrogens with one attached hydrogen (secondary N) is 1. The summed E-state index contributed by atoms with van der Waals surface area (Å²) in [6.07, 6.45) is 5.48. The second-order valence-electron chi connectivity index (χ2n) is 6.19. The molecule has 1 aliphatic rings. The molecule has 0 aromatic heterocycles. The van der Waals surface area contributed by atoms with Crippen LogP contribution in [0, 0.1) is 24.7 Å². The highest BCUT2D eigenvalue weighted by atomic mass is 14.8. The fraction of sp³-hybridized carbons (Fsp3) is 0.647. The first-order chi connectivity index (χ1) is 8.69. The third kappa shape index (κ3) is 3.58. The maximum Gasteiger partial charge on any atom is -0.00208 e. The van der Waals surface area contributed by atoms with E-state index in [-0.39, 0.29) is 0 Å². The molecule has 1 saturated carbocycles. The third-order valence-corrected chi connectivity index (χ3v) is 4.49. The number of rotatable bonds is 4. The molecule has 1 heteroatoms. The van der Waals surface area contributed by atoms with Crippen LogP contribution in [0.2, 0.25) is 0 Å². The van der Waals surface area contributed by atoms with E-state index in [0.717, 1.165) is 17.8 Å². The van der Waals surface area contributed by atoms with Crippen LogP contribution in [0.1, 0.15) is 37.3 Å². The Morgan fingerprint density at radius 3 is 2.50 bits per heavy atom. The zero-order chi connectivity index (χ0) is 13.0. The van der Waals surface area contributed by atoms with Crippen molar-refractivity contribution in [1.82, 2.24) is 5.32 Å². The molecule has 3 atom stereocenters. The number of hydrogen-bond acceptors (Lipinski definition) is 1. The van der Waals surface area contributed by atoms with Crippen LogP contribution in [-0.2, 0) is 6.42 Å². The lowest BCUT2D eigenvalue weighted by atomic mass is 9.72. The van der Waals surface area contributed by atoms with Crippen molar-refractivity contribution in [2.45, 2.75) is 39.5 Å². The molecular formula is C17H27N. The first kappa shape index (κ1) is 13.6. The zero-order valence-corrected chi connectivity index (χ0v) is 12.1. The number of benzene rings is 1. The van der Waals surface area contributed by atoms with Gasteiger partial charge in [-0.15, -0.1) is 0 Å². The van der Waals surface area contributed by atoms with Crippen molar-refractivity contribution in [1.29, 1.82) is 0 Å². The molecule has 0 spiro atoms. The molecule has 1 aromatic rings. The Morgan fingerprint density at radius 2 is 1.83 bits per heavy atom. The van der Waals surface area contributed by atoms with Gasteiger partial charge in [-0.25, -0.2) is 0 Å². The summed E-state index contributed by atoms with van der Waals surface area (Å²) >= 11 is 0. The smallest absolute Gasteiger partial charge is 0.00208 e. The monoisotopic (exact) mass is 245 g/mol. The van der Waals surface area contributed by atoms with Gasteiger partial charge in [0, 0.05) is 0 Å². The van der Waals surface area contributed by atoms with Gasteiger partial charge in [0.25, 0.3) is 0 Å². The third-order valence-electron chi connectivity index (χ3n) is 4.49. The quantitative estimate of drug-likeness (QED) is 0.850. The summed E-state index contributed by atoms with van der Waals surface area (Å²) in [7, 11) is 2.08. The largest absolute Gasteiger partial charge is 0.319 e. The van der Waals surface area contributed by atoms with Crippen molar-refractivity contribution in [3.63, 3.8) is 0 Å². The van der Waals surface area contributed by atoms with Crippen molar-refractivity contribution in [2.75, 3.05) is 13.6 Å². The molecule has 3 unspecified atom stereocenters. The Labute approximate surface area is 112 Å². The van der Waals surface area contributed by atoms with E-state index in [1.165, 1.54) is 43.4 Å². The molecule has 0 aliphatic heterocycles. The highest BCUT2D eigenvalue weighted by molar-refractivity contribution is 5.21. The van der Waals surface area contributed by atoms with E-state index in [1.807, 2.05) is 0 Å². The molecular weight excluding hydrogens is 218 g/mol. The van der Waals surface area contributed by atoms with Crippen molar-refractivity contribution in [2.24, 2.45) is 17.8 Å². The van der Waals surface area contributed by atoms with Crippen molar-refractivity contribution in [3.8, 4) is 0 Å². The minimum Gasteiger partial charge on any atom is -0.319 e. The Hall–Kier alpha value is -0.820. The van der Waals surface area contributed by atoms with E-state index < -0.39 is 0 Å². The van der Waals surface area contributed by atoms with Crippen LogP contribution in [0.15, 0.2) is 24.3 Å². The predicted octanol–water partition coefficient (Wildman–Crippen LogP) is 3.81. The van der Waals surface area contributed by atoms with Crippen LogP contribution >= 0.6 is 0 Å². The van der Waals surface area contributed by atoms with Gasteiger partial charge in [-0.2, -0.15) is 0 Å². The number of hydrogen-bond donors (Lipinski definition) is 1. The van der Waals surface area contributed by atoms with Crippen molar-refractivity contribution < 1.29 is 0 Å². The topological polar surface area (TPSA) is 12.0 Å². The molecule has 0 bridgehead atoms. The highest BCUT2D eigenvalue weighted by Crippen LogP contribution is 2.35. The molecule has 1 aliphatic carbocycles. The molecule has 100 valence electrons. The van der Waals surface area contributed by atoms with Gasteiger partial charge in [0.05, 0.1) is 0 Å². The zero-order valence-electron chi connectivity index (χ0n) is 12.1. The van der Waals surface area contributed by atoms with Crippen LogP contribution in [0.3, 0.4) is 0 Å². The summed E-state index contributed by atoms with van der Waals surface area (Å²) in [5.41, 5.74) is 2.88. The summed E-state index contributed by atoms with van der Waals surface area (Å²) in [6, 6.07) is 9.11. The summed E-state index contributed by atoms with van der Waals surface area (Å²) in [4.78, 5) is 0. The van der Waals surface area contributed by atoms with Gasteiger partial charge >= 0.3 is 0 Å². The van der Waals surface area contributed by atoms with Gasteiger partial charge in [-0.3, -0.25) is 0 Å². The van der Waals surface area contributed by atoms with Crippen LogP contribution in [-0.4, -0.2) is 13.6 Å². The van der Waals surface area contributed by atoms with E-state index in [1.54, 1.807) is 0 Å². The lowest BCUT2D eigenvalue weighted by molar-refractivity contribution is 0.186. The Bertz CT molecular complexity index is 354. The van der Waals surface area contributed by atoms with E-state index in [2.05, 4.69) is 50.5 Å². The minimum absolute atomic E-state index is 0.865. The average Bonchev–Trinajstić information content (AvgIpc) is 2.36. The second kappa shape index (κ2) is 6.38. The predicted molar refractivity (Wildman–Crippen MR) is 78.8 cm³/mol. The van der Waals surface area contributed by atoms with E-state index in [0.29, 0.717) is 0 Å². The maximum atomic E-state index is 3.38. The van der Waals surface area contributed by atoms with E-state index >= 15 is 0 Å². The van der Waals surface area contributed by atoms with Crippen molar-refractivity contribution >= 4 is 0 Å². The van der Waals surface area contributed by atoms with Gasteiger partial charge in [-0.05, 0) is 63.1 Å². The van der Waals surface area contributed by atoms with Gasteiger partial charge < -0.3 is 5.32 Å². The summed E-state index contributed by atoms with van der Waals surface area (Å²) in [5, 5.41) is 3.38. The van der Waals surface area contributed by atoms with E-state index in [4.69, 9.17) is 0 Å². The fourth-order valence-electron chi connectivity index (χ4n) is 3.37. The minimum atomic E-state index is 0.865. The molecule has 2 rings (SSSR count). The second-order valence-corrected chi connectivity index (χ2v) is 6.19. The lowest BCUT2D eigenvalue weighted by Gasteiger charge is -2.35. The molecule has 1 nitrogen and oxygen atoms in total. The number of aryl methyl sites for hydroxylation is 1. The molecule has 18 heavy (non-hydrogen) atoms. The van der Waals surface area contributed by atoms with Crippen molar-refractivity contribution in [3.05, 3.63) is 35.4 Å². The molecule has 0 heterocycles. The van der Waals surface area contributed by atoms with Gasteiger partial charge in [0.15, 0.2) is 0 Å². The van der Waals surface area contributed by atoms with Crippen LogP contribution in [0.25, 0.3) is 0 Å². The molecule has 0 radical (unpaired) electrons. The summed E-state index contributed by atoms with van der Waals surface area (Å²) in [5.74, 6) is 2.64. The highest BCUT2D eigenvalue weighted by Gasteiger charge is 2.28. The van der Waals surface area contributed by atoms with Gasteiger partial charge in [-0.1, -0.05) is 43.2 Å². The van der Waals surface area contributed by atoms with Crippen LogP contribution in [0.4, 0.5) is 0 Å². The summed E-state index contributed by atoms with van der Waals surface area (Å²) < 4.78 is 0. The molecule has 1 N–H and O–H groups in total. The van der Waals surface area contributed by atoms with E-state index in [9.17, 15) is 0 Å². The SMILES string of the molecule is CNCC1CCC(C)CC1Cc1ccc(C)cc1. The van der Waals surface area contributed by atoms with Gasteiger partial charge in [0.2, 0.25) is 0 Å². The maximum absolute atomic E-state index is 3.38. The molecule has 0 saturated heterocycles. The normalized spacial score (nSPS) is 28.3.